The van der Waals surface area contributed by atoms with E-state index in [4.69, 9.17) is 0 Å². The summed E-state index contributed by atoms with van der Waals surface area (Å²) in [7, 11) is 0. The molecule has 1 aromatic rings. The van der Waals surface area contributed by atoms with Crippen LogP contribution in [-0.2, 0) is 4.79 Å². The summed E-state index contributed by atoms with van der Waals surface area (Å²) in [6.45, 7) is 2.04. The summed E-state index contributed by atoms with van der Waals surface area (Å²) < 4.78 is 0. The van der Waals surface area contributed by atoms with E-state index in [-0.39, 0.29) is 11.9 Å². The number of hydrogen-bond donors (Lipinski definition) is 2. The molecule has 1 aromatic carbocycles. The SMILES string of the molecule is Cc1cccc2c1NC(=O)C2NC1CCCC1. The Morgan fingerprint density at radius 3 is 2.82 bits per heavy atom. The van der Waals surface area contributed by atoms with Gasteiger partial charge in [-0.05, 0) is 25.3 Å². The van der Waals surface area contributed by atoms with Gasteiger partial charge in [-0.3, -0.25) is 10.1 Å². The molecule has 1 fully saturated rings. The second kappa shape index (κ2) is 4.15. The van der Waals surface area contributed by atoms with Gasteiger partial charge in [0.1, 0.15) is 6.04 Å². The van der Waals surface area contributed by atoms with E-state index in [1.807, 2.05) is 25.1 Å². The van der Waals surface area contributed by atoms with Gasteiger partial charge >= 0.3 is 0 Å². The molecule has 3 nitrogen and oxygen atoms in total. The van der Waals surface area contributed by atoms with Gasteiger partial charge in [0, 0.05) is 17.3 Å². The highest BCUT2D eigenvalue weighted by Gasteiger charge is 2.33. The zero-order valence-corrected chi connectivity index (χ0v) is 10.1. The Hall–Kier alpha value is -1.35. The lowest BCUT2D eigenvalue weighted by Gasteiger charge is -2.17. The molecule has 1 saturated carbocycles. The third kappa shape index (κ3) is 1.84. The van der Waals surface area contributed by atoms with E-state index < -0.39 is 0 Å². The first-order valence-corrected chi connectivity index (χ1v) is 6.42. The Balaban J connectivity index is 1.86. The Bertz CT molecular complexity index is 450. The van der Waals surface area contributed by atoms with Crippen LogP contribution < -0.4 is 10.6 Å². The zero-order chi connectivity index (χ0) is 11.8. The van der Waals surface area contributed by atoms with Crippen molar-refractivity contribution in [3.63, 3.8) is 0 Å². The highest BCUT2D eigenvalue weighted by molar-refractivity contribution is 6.03. The maximum atomic E-state index is 12.0. The van der Waals surface area contributed by atoms with Crippen LogP contribution in [0.1, 0.15) is 42.9 Å². The van der Waals surface area contributed by atoms with E-state index >= 15 is 0 Å². The summed E-state index contributed by atoms with van der Waals surface area (Å²) in [5, 5.41) is 6.49. The fraction of sp³-hybridized carbons (Fsp3) is 0.500. The van der Waals surface area contributed by atoms with Crippen molar-refractivity contribution in [3.05, 3.63) is 29.3 Å². The molecule has 3 heteroatoms. The molecule has 0 spiro atoms. The van der Waals surface area contributed by atoms with Crippen LogP contribution in [0.15, 0.2) is 18.2 Å². The number of rotatable bonds is 2. The average Bonchev–Trinajstić information content (AvgIpc) is 2.91. The van der Waals surface area contributed by atoms with Crippen molar-refractivity contribution in [2.24, 2.45) is 0 Å². The van der Waals surface area contributed by atoms with Gasteiger partial charge in [-0.15, -0.1) is 0 Å². The molecule has 17 heavy (non-hydrogen) atoms. The van der Waals surface area contributed by atoms with E-state index in [0.29, 0.717) is 6.04 Å². The summed E-state index contributed by atoms with van der Waals surface area (Å²) in [6.07, 6.45) is 4.97. The highest BCUT2D eigenvalue weighted by atomic mass is 16.2. The molecule has 1 atom stereocenters. The molecule has 0 aromatic heterocycles. The van der Waals surface area contributed by atoms with E-state index in [1.165, 1.54) is 25.7 Å². The minimum atomic E-state index is -0.145. The predicted octanol–water partition coefficient (Wildman–Crippen LogP) is 2.52. The van der Waals surface area contributed by atoms with E-state index in [9.17, 15) is 4.79 Å². The minimum Gasteiger partial charge on any atom is -0.324 e. The molecule has 3 rings (SSSR count). The van der Waals surface area contributed by atoms with Crippen LogP contribution >= 0.6 is 0 Å². The smallest absolute Gasteiger partial charge is 0.246 e. The van der Waals surface area contributed by atoms with Gasteiger partial charge in [0.2, 0.25) is 5.91 Å². The molecule has 2 aliphatic rings. The monoisotopic (exact) mass is 230 g/mol. The van der Waals surface area contributed by atoms with Gasteiger partial charge in [-0.25, -0.2) is 0 Å². The van der Waals surface area contributed by atoms with Crippen molar-refractivity contribution >= 4 is 11.6 Å². The van der Waals surface area contributed by atoms with E-state index in [1.54, 1.807) is 0 Å². The fourth-order valence-electron chi connectivity index (χ4n) is 2.93. The minimum absolute atomic E-state index is 0.0983. The number of hydrogen-bond acceptors (Lipinski definition) is 2. The van der Waals surface area contributed by atoms with Gasteiger partial charge in [-0.2, -0.15) is 0 Å². The number of anilines is 1. The fourth-order valence-corrected chi connectivity index (χ4v) is 2.93. The first-order chi connectivity index (χ1) is 8.25. The van der Waals surface area contributed by atoms with Gasteiger partial charge in [0.15, 0.2) is 0 Å². The van der Waals surface area contributed by atoms with Crippen LogP contribution in [0.3, 0.4) is 0 Å². The zero-order valence-electron chi connectivity index (χ0n) is 10.1. The summed E-state index contributed by atoms with van der Waals surface area (Å²) in [5.41, 5.74) is 3.27. The Morgan fingerprint density at radius 1 is 1.29 bits per heavy atom. The normalized spacial score (nSPS) is 23.8. The Morgan fingerprint density at radius 2 is 2.06 bits per heavy atom. The van der Waals surface area contributed by atoms with Crippen LogP contribution in [0.4, 0.5) is 5.69 Å². The lowest BCUT2D eigenvalue weighted by atomic mass is 10.0. The van der Waals surface area contributed by atoms with Crippen LogP contribution in [0.25, 0.3) is 0 Å². The van der Waals surface area contributed by atoms with Crippen molar-refractivity contribution in [1.82, 2.24) is 5.32 Å². The third-order valence-corrected chi connectivity index (χ3v) is 3.88. The number of aryl methyl sites for hydroxylation is 1. The summed E-state index contributed by atoms with van der Waals surface area (Å²) in [5.74, 6) is 0.0983. The maximum absolute atomic E-state index is 12.0. The highest BCUT2D eigenvalue weighted by Crippen LogP contribution is 2.34. The van der Waals surface area contributed by atoms with Crippen LogP contribution in [0.2, 0.25) is 0 Å². The first-order valence-electron chi connectivity index (χ1n) is 6.42. The number of carbonyl (C=O) groups excluding carboxylic acids is 1. The molecule has 1 amide bonds. The molecule has 0 saturated heterocycles. The Labute approximate surface area is 102 Å². The molecule has 1 aliphatic carbocycles. The number of fused-ring (bicyclic) bond motifs is 1. The number of nitrogens with one attached hydrogen (secondary N) is 2. The lowest BCUT2D eigenvalue weighted by Crippen LogP contribution is -2.34. The van der Waals surface area contributed by atoms with E-state index in [2.05, 4.69) is 10.6 Å². The van der Waals surface area contributed by atoms with Gasteiger partial charge in [0.05, 0.1) is 0 Å². The molecule has 1 heterocycles. The molecular weight excluding hydrogens is 212 g/mol. The van der Waals surface area contributed by atoms with Crippen LogP contribution in [0.5, 0.6) is 0 Å². The van der Waals surface area contributed by atoms with Crippen molar-refractivity contribution in [1.29, 1.82) is 0 Å². The van der Waals surface area contributed by atoms with Crippen molar-refractivity contribution < 1.29 is 4.79 Å². The molecule has 0 radical (unpaired) electrons. The van der Waals surface area contributed by atoms with E-state index in [0.717, 1.165) is 16.8 Å². The molecule has 1 unspecified atom stereocenters. The maximum Gasteiger partial charge on any atom is 0.246 e. The average molecular weight is 230 g/mol. The Kier molecular flexibility index (Phi) is 2.63. The summed E-state index contributed by atoms with van der Waals surface area (Å²) >= 11 is 0. The quantitative estimate of drug-likeness (QED) is 0.819. The van der Waals surface area contributed by atoms with Gasteiger partial charge in [0.25, 0.3) is 0 Å². The number of carbonyl (C=O) groups is 1. The standard InChI is InChI=1S/C14H18N2O/c1-9-5-4-8-11-12(9)16-14(17)13(11)15-10-6-2-3-7-10/h4-5,8,10,13,15H,2-3,6-7H2,1H3,(H,16,17). The lowest BCUT2D eigenvalue weighted by molar-refractivity contribution is -0.117. The second-order valence-corrected chi connectivity index (χ2v) is 5.11. The van der Waals surface area contributed by atoms with Crippen molar-refractivity contribution in [3.8, 4) is 0 Å². The number of benzene rings is 1. The summed E-state index contributed by atoms with van der Waals surface area (Å²) in [6, 6.07) is 6.48. The second-order valence-electron chi connectivity index (χ2n) is 5.11. The van der Waals surface area contributed by atoms with Gasteiger partial charge < -0.3 is 5.32 Å². The first kappa shape index (κ1) is 10.8. The number of amides is 1. The molecule has 90 valence electrons. The molecule has 1 aliphatic heterocycles. The number of para-hydroxylation sites is 1. The largest absolute Gasteiger partial charge is 0.324 e. The molecular formula is C14H18N2O. The predicted molar refractivity (Wildman–Crippen MR) is 67.9 cm³/mol. The molecule has 0 bridgehead atoms. The van der Waals surface area contributed by atoms with Crippen LogP contribution in [-0.4, -0.2) is 11.9 Å². The molecule has 2 N–H and O–H groups in total. The topological polar surface area (TPSA) is 41.1 Å². The third-order valence-electron chi connectivity index (χ3n) is 3.88. The summed E-state index contributed by atoms with van der Waals surface area (Å²) in [4.78, 5) is 12.0. The van der Waals surface area contributed by atoms with Crippen molar-refractivity contribution in [2.75, 3.05) is 5.32 Å². The van der Waals surface area contributed by atoms with Crippen molar-refractivity contribution in [2.45, 2.75) is 44.7 Å². The van der Waals surface area contributed by atoms with Gasteiger partial charge in [-0.1, -0.05) is 31.0 Å². The van der Waals surface area contributed by atoms with Crippen LogP contribution in [0, 0.1) is 6.92 Å².